The summed E-state index contributed by atoms with van der Waals surface area (Å²) in [6.45, 7) is 0.174. The van der Waals surface area contributed by atoms with Crippen LogP contribution in [0.15, 0.2) is 23.1 Å². The second kappa shape index (κ2) is 5.99. The summed E-state index contributed by atoms with van der Waals surface area (Å²) in [7, 11) is -4.03. The minimum absolute atomic E-state index is 0.174. The SMILES string of the molecule is N#CC1(NC(=O)C2CCCN2S(=O)(=O)c2ccc(F)cc2Cl)CC1. The minimum Gasteiger partial charge on any atom is -0.336 e. The zero-order chi connectivity index (χ0) is 17.5. The van der Waals surface area contributed by atoms with Gasteiger partial charge in [0.05, 0.1) is 11.1 Å². The van der Waals surface area contributed by atoms with Crippen molar-refractivity contribution in [2.45, 2.75) is 42.2 Å². The lowest BCUT2D eigenvalue weighted by Gasteiger charge is -2.24. The maximum absolute atomic E-state index is 13.2. The average Bonchev–Trinajstić information content (AvgIpc) is 3.10. The molecule has 0 radical (unpaired) electrons. The standard InChI is InChI=1S/C15H15ClFN3O3S/c16-11-8-10(17)3-4-13(11)24(22,23)20-7-1-2-12(20)14(21)19-15(9-18)5-6-15/h3-4,8,12H,1-2,5-7H2,(H,19,21). The molecule has 1 N–H and O–H groups in total. The fraction of sp³-hybridized carbons (Fsp3) is 0.467. The van der Waals surface area contributed by atoms with E-state index in [0.717, 1.165) is 22.5 Å². The number of carbonyl (C=O) groups is 1. The summed E-state index contributed by atoms with van der Waals surface area (Å²) in [6.07, 6.45) is 2.03. The molecule has 6 nitrogen and oxygen atoms in total. The number of rotatable bonds is 4. The summed E-state index contributed by atoms with van der Waals surface area (Å²) in [4.78, 5) is 12.2. The second-order valence-electron chi connectivity index (χ2n) is 6.03. The number of hydrogen-bond acceptors (Lipinski definition) is 4. The van der Waals surface area contributed by atoms with Gasteiger partial charge in [-0.3, -0.25) is 4.79 Å². The molecule has 128 valence electrons. The maximum Gasteiger partial charge on any atom is 0.245 e. The van der Waals surface area contributed by atoms with E-state index in [-0.39, 0.29) is 16.5 Å². The third-order valence-electron chi connectivity index (χ3n) is 4.31. The number of hydrogen-bond donors (Lipinski definition) is 1. The molecule has 2 fully saturated rings. The Kier molecular flexibility index (Phi) is 4.28. The zero-order valence-electron chi connectivity index (χ0n) is 12.6. The number of amides is 1. The Hall–Kier alpha value is -1.69. The molecular weight excluding hydrogens is 357 g/mol. The predicted octanol–water partition coefficient (Wildman–Crippen LogP) is 1.80. The van der Waals surface area contributed by atoms with Gasteiger partial charge in [-0.05, 0) is 43.9 Å². The smallest absolute Gasteiger partial charge is 0.245 e. The molecule has 1 atom stereocenters. The van der Waals surface area contributed by atoms with E-state index in [1.165, 1.54) is 0 Å². The maximum atomic E-state index is 13.2. The summed E-state index contributed by atoms with van der Waals surface area (Å²) in [5.41, 5.74) is -0.859. The van der Waals surface area contributed by atoms with Gasteiger partial charge in [0.25, 0.3) is 0 Å². The number of benzene rings is 1. The van der Waals surface area contributed by atoms with E-state index >= 15 is 0 Å². The number of nitrogens with zero attached hydrogens (tertiary/aromatic N) is 2. The number of nitriles is 1. The summed E-state index contributed by atoms with van der Waals surface area (Å²) >= 11 is 5.87. The van der Waals surface area contributed by atoms with Gasteiger partial charge in [-0.15, -0.1) is 0 Å². The predicted molar refractivity (Wildman–Crippen MR) is 84.0 cm³/mol. The van der Waals surface area contributed by atoms with Crippen LogP contribution in [0.5, 0.6) is 0 Å². The van der Waals surface area contributed by atoms with Crippen LogP contribution >= 0.6 is 11.6 Å². The van der Waals surface area contributed by atoms with E-state index in [4.69, 9.17) is 16.9 Å². The van der Waals surface area contributed by atoms with E-state index < -0.39 is 33.3 Å². The Bertz CT molecular complexity index is 833. The molecule has 1 aromatic carbocycles. The normalized spacial score (nSPS) is 22.8. The van der Waals surface area contributed by atoms with Crippen molar-refractivity contribution in [3.05, 3.63) is 29.0 Å². The average molecular weight is 372 g/mol. The molecule has 0 aromatic heterocycles. The first-order valence-electron chi connectivity index (χ1n) is 7.49. The van der Waals surface area contributed by atoms with Gasteiger partial charge < -0.3 is 5.32 Å². The number of nitrogens with one attached hydrogen (secondary N) is 1. The first-order chi connectivity index (χ1) is 11.3. The van der Waals surface area contributed by atoms with Crippen molar-refractivity contribution in [2.75, 3.05) is 6.54 Å². The summed E-state index contributed by atoms with van der Waals surface area (Å²) < 4.78 is 39.9. The summed E-state index contributed by atoms with van der Waals surface area (Å²) in [5.74, 6) is -1.12. The van der Waals surface area contributed by atoms with Crippen LogP contribution in [-0.4, -0.2) is 36.8 Å². The lowest BCUT2D eigenvalue weighted by Crippen LogP contribution is -2.49. The Morgan fingerprint density at radius 2 is 2.17 bits per heavy atom. The van der Waals surface area contributed by atoms with Crippen LogP contribution in [0.3, 0.4) is 0 Å². The fourth-order valence-corrected chi connectivity index (χ4v) is 4.97. The highest BCUT2D eigenvalue weighted by Gasteiger charge is 2.48. The van der Waals surface area contributed by atoms with Crippen LogP contribution < -0.4 is 5.32 Å². The Morgan fingerprint density at radius 3 is 2.75 bits per heavy atom. The molecule has 1 unspecified atom stereocenters. The first-order valence-corrected chi connectivity index (χ1v) is 9.31. The lowest BCUT2D eigenvalue weighted by molar-refractivity contribution is -0.124. The second-order valence-corrected chi connectivity index (χ2v) is 8.30. The molecule has 1 aliphatic carbocycles. The van der Waals surface area contributed by atoms with E-state index in [9.17, 15) is 17.6 Å². The van der Waals surface area contributed by atoms with E-state index in [2.05, 4.69) is 5.32 Å². The molecule has 9 heteroatoms. The summed E-state index contributed by atoms with van der Waals surface area (Å²) in [5, 5.41) is 11.5. The van der Waals surface area contributed by atoms with Crippen LogP contribution in [0.25, 0.3) is 0 Å². The molecule has 3 rings (SSSR count). The summed E-state index contributed by atoms with van der Waals surface area (Å²) in [6, 6.07) is 4.19. The van der Waals surface area contributed by atoms with Crippen molar-refractivity contribution in [2.24, 2.45) is 0 Å². The lowest BCUT2D eigenvalue weighted by atomic mass is 10.2. The molecule has 24 heavy (non-hydrogen) atoms. The molecule has 1 aromatic rings. The highest BCUT2D eigenvalue weighted by Crippen LogP contribution is 2.36. The van der Waals surface area contributed by atoms with Crippen molar-refractivity contribution in [3.8, 4) is 6.07 Å². The monoisotopic (exact) mass is 371 g/mol. The van der Waals surface area contributed by atoms with Crippen molar-refractivity contribution >= 4 is 27.5 Å². The fourth-order valence-electron chi connectivity index (χ4n) is 2.81. The molecule has 1 heterocycles. The van der Waals surface area contributed by atoms with Gasteiger partial charge in [-0.25, -0.2) is 12.8 Å². The third-order valence-corrected chi connectivity index (χ3v) is 6.70. The number of carbonyl (C=O) groups excluding carboxylic acids is 1. The molecule has 1 amide bonds. The topological polar surface area (TPSA) is 90.3 Å². The Morgan fingerprint density at radius 1 is 1.46 bits per heavy atom. The van der Waals surface area contributed by atoms with Gasteiger partial charge in [0, 0.05) is 6.54 Å². The van der Waals surface area contributed by atoms with Crippen LogP contribution in [-0.2, 0) is 14.8 Å². The van der Waals surface area contributed by atoms with Crippen LogP contribution in [0, 0.1) is 17.1 Å². The van der Waals surface area contributed by atoms with Crippen LogP contribution in [0.1, 0.15) is 25.7 Å². The quantitative estimate of drug-likeness (QED) is 0.873. The van der Waals surface area contributed by atoms with Gasteiger partial charge in [-0.2, -0.15) is 9.57 Å². The molecule has 2 aliphatic rings. The van der Waals surface area contributed by atoms with Gasteiger partial charge in [0.2, 0.25) is 15.9 Å². The van der Waals surface area contributed by atoms with Gasteiger partial charge in [0.1, 0.15) is 22.3 Å². The molecule has 1 saturated heterocycles. The van der Waals surface area contributed by atoms with Gasteiger partial charge in [0.15, 0.2) is 0 Å². The Labute approximate surface area is 144 Å². The van der Waals surface area contributed by atoms with Crippen molar-refractivity contribution in [3.63, 3.8) is 0 Å². The van der Waals surface area contributed by atoms with Crippen molar-refractivity contribution in [1.29, 1.82) is 5.26 Å². The van der Waals surface area contributed by atoms with Crippen molar-refractivity contribution in [1.82, 2.24) is 9.62 Å². The molecule has 1 aliphatic heterocycles. The Balaban J connectivity index is 1.87. The van der Waals surface area contributed by atoms with Crippen LogP contribution in [0.2, 0.25) is 5.02 Å². The van der Waals surface area contributed by atoms with E-state index in [1.54, 1.807) is 0 Å². The molecule has 0 spiro atoms. The minimum atomic E-state index is -4.03. The van der Waals surface area contributed by atoms with E-state index in [0.29, 0.717) is 25.7 Å². The molecule has 1 saturated carbocycles. The largest absolute Gasteiger partial charge is 0.336 e. The molecule has 0 bridgehead atoms. The number of halogens is 2. The van der Waals surface area contributed by atoms with Gasteiger partial charge in [-0.1, -0.05) is 11.6 Å². The molecular formula is C15H15ClFN3O3S. The third kappa shape index (κ3) is 2.99. The van der Waals surface area contributed by atoms with Crippen LogP contribution in [0.4, 0.5) is 4.39 Å². The highest BCUT2D eigenvalue weighted by atomic mass is 35.5. The van der Waals surface area contributed by atoms with E-state index in [1.807, 2.05) is 6.07 Å². The van der Waals surface area contributed by atoms with Crippen molar-refractivity contribution < 1.29 is 17.6 Å². The highest BCUT2D eigenvalue weighted by molar-refractivity contribution is 7.89. The zero-order valence-corrected chi connectivity index (χ0v) is 14.2. The first kappa shape index (κ1) is 17.1. The number of sulfonamides is 1. The van der Waals surface area contributed by atoms with Gasteiger partial charge >= 0.3 is 0 Å².